The Bertz CT molecular complexity index is 46.5. The summed E-state index contributed by atoms with van der Waals surface area (Å²) in [5.41, 5.74) is 0. The molecule has 52 valence electrons. The van der Waals surface area contributed by atoms with Gasteiger partial charge >= 0.3 is 0 Å². The van der Waals surface area contributed by atoms with Crippen LogP contribution in [0.2, 0.25) is 0 Å². The van der Waals surface area contributed by atoms with E-state index in [-0.39, 0.29) is 8.85 Å². The van der Waals surface area contributed by atoms with Crippen LogP contribution in [0.5, 0.6) is 0 Å². The third kappa shape index (κ3) is 2.34. The Morgan fingerprint density at radius 1 is 1.12 bits per heavy atom. The number of hydrogen-bond donors (Lipinski definition) is 0. The second-order valence-electron chi connectivity index (χ2n) is 2.74. The predicted octanol–water partition coefficient (Wildman–Crippen LogP) is 3.47. The normalized spacial score (nSPS) is 22.1. The quantitative estimate of drug-likeness (QED) is 0.454. The van der Waals surface area contributed by atoms with Gasteiger partial charge in [0.15, 0.2) is 0 Å². The van der Waals surface area contributed by atoms with E-state index in [4.69, 9.17) is 0 Å². The van der Waals surface area contributed by atoms with E-state index in [1.54, 1.807) is 0 Å². The Hall–Kier alpha value is 0. The summed E-state index contributed by atoms with van der Waals surface area (Å²) in [4.78, 5) is 0. The lowest BCUT2D eigenvalue weighted by Gasteiger charge is -2.15. The molecule has 0 heteroatoms. The summed E-state index contributed by atoms with van der Waals surface area (Å²) in [6.07, 6.45) is 7.44. The summed E-state index contributed by atoms with van der Waals surface area (Å²) in [7, 11) is 0. The molecular formula is C8H20. The fourth-order valence-corrected chi connectivity index (χ4v) is 1.31. The van der Waals surface area contributed by atoms with Crippen LogP contribution in [0.4, 0.5) is 0 Å². The average molecular weight is 116 g/mol. The van der Waals surface area contributed by atoms with Crippen LogP contribution in [-0.2, 0) is 0 Å². The van der Waals surface area contributed by atoms with Gasteiger partial charge in [0.25, 0.3) is 0 Å². The van der Waals surface area contributed by atoms with Crippen molar-refractivity contribution in [3.8, 4) is 0 Å². The Morgan fingerprint density at radius 3 is 1.88 bits per heavy atom. The molecule has 1 aliphatic rings. The van der Waals surface area contributed by atoms with Gasteiger partial charge in [0.1, 0.15) is 0 Å². The van der Waals surface area contributed by atoms with Gasteiger partial charge in [-0.3, -0.25) is 0 Å². The maximum Gasteiger partial charge on any atom is 0 e. The van der Waals surface area contributed by atoms with Crippen molar-refractivity contribution >= 4 is 0 Å². The molecule has 1 aliphatic carbocycles. The van der Waals surface area contributed by atoms with Crippen molar-refractivity contribution in [1.29, 1.82) is 0 Å². The van der Waals surface area contributed by atoms with Crippen LogP contribution in [-0.4, -0.2) is 0 Å². The minimum absolute atomic E-state index is 0. The summed E-state index contributed by atoms with van der Waals surface area (Å²) in [6, 6.07) is 0. The molecule has 0 radical (unpaired) electrons. The van der Waals surface area contributed by atoms with Crippen LogP contribution in [0.1, 0.15) is 47.9 Å². The highest BCUT2D eigenvalue weighted by Gasteiger charge is 2.05. The predicted molar refractivity (Wildman–Crippen MR) is 41.1 cm³/mol. The highest BCUT2D eigenvalue weighted by Crippen LogP contribution is 2.21. The molecule has 1 saturated carbocycles. The van der Waals surface area contributed by atoms with Gasteiger partial charge in [0, 0.05) is 1.43 Å². The van der Waals surface area contributed by atoms with Gasteiger partial charge < -0.3 is 0 Å². The largest absolute Gasteiger partial charge is 0.0776 e. The first-order valence-corrected chi connectivity index (χ1v) is 3.39. The minimum atomic E-state index is 0. The van der Waals surface area contributed by atoms with Gasteiger partial charge in [0.05, 0.1) is 0 Å². The summed E-state index contributed by atoms with van der Waals surface area (Å²) < 4.78 is 0. The fourth-order valence-electron chi connectivity index (χ4n) is 1.31. The van der Waals surface area contributed by atoms with Crippen molar-refractivity contribution in [2.24, 2.45) is 5.92 Å². The molecule has 0 aromatic heterocycles. The molecule has 0 nitrogen and oxygen atoms in total. The lowest BCUT2D eigenvalue weighted by molar-refractivity contribution is 0.385. The third-order valence-electron chi connectivity index (χ3n) is 1.89. The van der Waals surface area contributed by atoms with Crippen molar-refractivity contribution in [3.63, 3.8) is 0 Å². The zero-order valence-electron chi connectivity index (χ0n) is 5.11. The average Bonchev–Trinajstić information content (AvgIpc) is 1.69. The van der Waals surface area contributed by atoms with Crippen LogP contribution in [0, 0.1) is 5.92 Å². The van der Waals surface area contributed by atoms with E-state index in [9.17, 15) is 0 Å². The standard InChI is InChI=1S/C7H14.CH4.H2/c1-7-5-3-2-4-6-7;;/h7H,2-6H2,1H3;1H4;1H. The van der Waals surface area contributed by atoms with E-state index in [0.717, 1.165) is 5.92 Å². The molecule has 0 amide bonds. The van der Waals surface area contributed by atoms with E-state index in [1.807, 2.05) is 0 Å². The third-order valence-corrected chi connectivity index (χ3v) is 1.89. The molecule has 0 heterocycles. The Labute approximate surface area is 54.8 Å². The lowest BCUT2D eigenvalue weighted by atomic mass is 9.91. The van der Waals surface area contributed by atoms with E-state index in [1.165, 1.54) is 32.1 Å². The maximum atomic E-state index is 2.36. The van der Waals surface area contributed by atoms with Gasteiger partial charge in [-0.1, -0.05) is 46.5 Å². The molecule has 0 bridgehead atoms. The lowest BCUT2D eigenvalue weighted by Crippen LogP contribution is -1.99. The van der Waals surface area contributed by atoms with Gasteiger partial charge in [-0.05, 0) is 5.92 Å². The first kappa shape index (κ1) is 8.00. The zero-order chi connectivity index (χ0) is 5.11. The Balaban J connectivity index is 0. The van der Waals surface area contributed by atoms with E-state index in [0.29, 0.717) is 0 Å². The maximum absolute atomic E-state index is 2.36. The van der Waals surface area contributed by atoms with Crippen molar-refractivity contribution in [1.82, 2.24) is 0 Å². The van der Waals surface area contributed by atoms with Crippen molar-refractivity contribution in [3.05, 3.63) is 0 Å². The summed E-state index contributed by atoms with van der Waals surface area (Å²) in [5, 5.41) is 0. The van der Waals surface area contributed by atoms with Gasteiger partial charge in [-0.25, -0.2) is 0 Å². The number of hydrogen-bond acceptors (Lipinski definition) is 0. The molecule has 8 heavy (non-hydrogen) atoms. The molecule has 0 aliphatic heterocycles. The monoisotopic (exact) mass is 116 g/mol. The smallest absolute Gasteiger partial charge is 0 e. The van der Waals surface area contributed by atoms with Crippen LogP contribution >= 0.6 is 0 Å². The molecule has 0 atom stereocenters. The minimum Gasteiger partial charge on any atom is -0.0776 e. The molecule has 1 rings (SSSR count). The zero-order valence-corrected chi connectivity index (χ0v) is 5.11. The summed E-state index contributed by atoms with van der Waals surface area (Å²) in [6.45, 7) is 2.36. The SMILES string of the molecule is C.CC1CCCCC1.[HH]. The highest BCUT2D eigenvalue weighted by atomic mass is 14.1. The van der Waals surface area contributed by atoms with E-state index in [2.05, 4.69) is 6.92 Å². The van der Waals surface area contributed by atoms with Crippen LogP contribution in [0.15, 0.2) is 0 Å². The second kappa shape index (κ2) is 3.94. The molecule has 0 spiro atoms. The van der Waals surface area contributed by atoms with Gasteiger partial charge in [-0.15, -0.1) is 0 Å². The molecule has 0 aromatic rings. The van der Waals surface area contributed by atoms with Gasteiger partial charge in [-0.2, -0.15) is 0 Å². The van der Waals surface area contributed by atoms with Crippen LogP contribution in [0.3, 0.4) is 0 Å². The Morgan fingerprint density at radius 2 is 1.62 bits per heavy atom. The van der Waals surface area contributed by atoms with Gasteiger partial charge in [0.2, 0.25) is 0 Å². The van der Waals surface area contributed by atoms with E-state index >= 15 is 0 Å². The van der Waals surface area contributed by atoms with E-state index < -0.39 is 0 Å². The molecule has 0 aromatic carbocycles. The molecule has 0 N–H and O–H groups in total. The topological polar surface area (TPSA) is 0 Å². The molecule has 1 fully saturated rings. The van der Waals surface area contributed by atoms with Crippen LogP contribution in [0.25, 0.3) is 0 Å². The summed E-state index contributed by atoms with van der Waals surface area (Å²) in [5.74, 6) is 1.04. The van der Waals surface area contributed by atoms with Crippen LogP contribution < -0.4 is 0 Å². The second-order valence-corrected chi connectivity index (χ2v) is 2.74. The van der Waals surface area contributed by atoms with Crippen molar-refractivity contribution < 1.29 is 1.43 Å². The van der Waals surface area contributed by atoms with Crippen molar-refractivity contribution in [2.45, 2.75) is 46.5 Å². The molecular weight excluding hydrogens is 96.1 g/mol. The first-order chi connectivity index (χ1) is 3.39. The Kier molecular flexibility index (Phi) is 3.94. The highest BCUT2D eigenvalue weighted by molar-refractivity contribution is 4.59. The summed E-state index contributed by atoms with van der Waals surface area (Å²) >= 11 is 0. The molecule has 0 unspecified atom stereocenters. The number of rotatable bonds is 0. The molecule has 0 saturated heterocycles. The first-order valence-electron chi connectivity index (χ1n) is 3.39. The van der Waals surface area contributed by atoms with Crippen molar-refractivity contribution in [2.75, 3.05) is 0 Å². The fraction of sp³-hybridized carbons (Fsp3) is 1.00.